The van der Waals surface area contributed by atoms with E-state index >= 15 is 0 Å². The molecular formula is C55H34N2. The van der Waals surface area contributed by atoms with E-state index in [2.05, 4.69) is 215 Å². The predicted octanol–water partition coefficient (Wildman–Crippen LogP) is 13.9. The molecule has 0 saturated heterocycles. The molecule has 0 unspecified atom stereocenters. The molecule has 3 heterocycles. The second-order valence-electron chi connectivity index (χ2n) is 15.6. The number of aromatic nitrogens is 2. The number of fused-ring (bicyclic) bond motifs is 19. The third kappa shape index (κ3) is 3.89. The second-order valence-corrected chi connectivity index (χ2v) is 15.6. The Hall–Kier alpha value is -7.42. The largest absolute Gasteiger partial charge is 0.309 e. The topological polar surface area (TPSA) is 9.86 Å². The van der Waals surface area contributed by atoms with Crippen LogP contribution >= 0.6 is 0 Å². The Balaban J connectivity index is 1.26. The zero-order chi connectivity index (χ0) is 37.2. The molecule has 2 heteroatoms. The van der Waals surface area contributed by atoms with Crippen LogP contribution in [0.1, 0.15) is 22.3 Å². The minimum atomic E-state index is -0.607. The van der Waals surface area contributed by atoms with Gasteiger partial charge >= 0.3 is 0 Å². The Morgan fingerprint density at radius 1 is 0.281 bits per heavy atom. The maximum absolute atomic E-state index is 2.58. The molecule has 2 aromatic heterocycles. The number of hydrogen-bond acceptors (Lipinski definition) is 0. The van der Waals surface area contributed by atoms with Crippen molar-refractivity contribution in [2.24, 2.45) is 0 Å². The lowest BCUT2D eigenvalue weighted by Crippen LogP contribution is -2.30. The van der Waals surface area contributed by atoms with E-state index in [0.29, 0.717) is 0 Å². The molecule has 264 valence electrons. The number of rotatable bonds is 1. The lowest BCUT2D eigenvalue weighted by Gasteiger charge is -2.37. The van der Waals surface area contributed by atoms with E-state index in [0.717, 1.165) is 5.69 Å². The fourth-order valence-electron chi connectivity index (χ4n) is 10.8. The summed E-state index contributed by atoms with van der Waals surface area (Å²) >= 11 is 0. The maximum atomic E-state index is 2.58. The number of para-hydroxylation sites is 4. The van der Waals surface area contributed by atoms with Gasteiger partial charge in [-0.3, -0.25) is 0 Å². The highest BCUT2D eigenvalue weighted by Gasteiger charge is 2.49. The van der Waals surface area contributed by atoms with E-state index in [4.69, 9.17) is 0 Å². The Labute approximate surface area is 330 Å². The van der Waals surface area contributed by atoms with Gasteiger partial charge in [-0.25, -0.2) is 0 Å². The van der Waals surface area contributed by atoms with Gasteiger partial charge in [0.25, 0.3) is 0 Å². The molecule has 1 aliphatic carbocycles. The van der Waals surface area contributed by atoms with Crippen LogP contribution in [0.25, 0.3) is 88.4 Å². The summed E-state index contributed by atoms with van der Waals surface area (Å²) in [5.74, 6) is 0. The summed E-state index contributed by atoms with van der Waals surface area (Å²) in [4.78, 5) is 0. The first kappa shape index (κ1) is 30.9. The molecular weight excluding hydrogens is 689 g/mol. The average molecular weight is 723 g/mol. The molecule has 9 aromatic carbocycles. The van der Waals surface area contributed by atoms with E-state index in [-0.39, 0.29) is 0 Å². The van der Waals surface area contributed by atoms with Crippen molar-refractivity contribution in [2.75, 3.05) is 0 Å². The highest BCUT2D eigenvalue weighted by molar-refractivity contribution is 6.14. The molecule has 0 radical (unpaired) electrons. The summed E-state index contributed by atoms with van der Waals surface area (Å²) < 4.78 is 5.03. The van der Waals surface area contributed by atoms with Crippen LogP contribution in [0.15, 0.2) is 206 Å². The van der Waals surface area contributed by atoms with Crippen LogP contribution in [0.5, 0.6) is 0 Å². The summed E-state index contributed by atoms with van der Waals surface area (Å²) in [6.45, 7) is 0. The lowest BCUT2D eigenvalue weighted by molar-refractivity contribution is 0.774. The zero-order valence-corrected chi connectivity index (χ0v) is 31.0. The summed E-state index contributed by atoms with van der Waals surface area (Å²) in [5.41, 5.74) is 19.3. The summed E-state index contributed by atoms with van der Waals surface area (Å²) in [5, 5.41) is 5.01. The zero-order valence-electron chi connectivity index (χ0n) is 31.0. The van der Waals surface area contributed by atoms with Gasteiger partial charge in [-0.2, -0.15) is 0 Å². The van der Waals surface area contributed by atoms with Crippen molar-refractivity contribution in [2.45, 2.75) is 5.41 Å². The second kappa shape index (κ2) is 11.3. The number of benzene rings is 9. The third-order valence-corrected chi connectivity index (χ3v) is 12.9. The standard InChI is InChI=1S/C55H34N2/c1-2-17-37-36(16-1)38-18-3-9-25-46(38)55(47-26-10-4-19-39(47)40-20-5-11-27-48(40)55)49-28-15-24-44-45-34-35(32-33-53(45)57(54(44)49)52-31-14-6-21-41(37)52)56-50-29-12-7-22-42(50)43-23-8-13-30-51(43)56/h1-34H. The van der Waals surface area contributed by atoms with Crippen molar-refractivity contribution < 1.29 is 0 Å². The molecule has 1 spiro atoms. The first-order valence-electron chi connectivity index (χ1n) is 19.9. The average Bonchev–Trinajstić information content (AvgIpc) is 3.90. The number of hydrogen-bond donors (Lipinski definition) is 0. The fourth-order valence-corrected chi connectivity index (χ4v) is 10.8. The molecule has 0 bridgehead atoms. The van der Waals surface area contributed by atoms with Crippen molar-refractivity contribution in [3.05, 3.63) is 229 Å². The molecule has 13 rings (SSSR count). The third-order valence-electron chi connectivity index (χ3n) is 12.9. The molecule has 57 heavy (non-hydrogen) atoms. The van der Waals surface area contributed by atoms with Crippen molar-refractivity contribution in [3.8, 4) is 44.8 Å². The molecule has 2 aliphatic rings. The summed E-state index contributed by atoms with van der Waals surface area (Å²) in [6.07, 6.45) is 0. The fraction of sp³-hybridized carbons (Fsp3) is 0.0182. The van der Waals surface area contributed by atoms with Crippen molar-refractivity contribution in [3.63, 3.8) is 0 Å². The van der Waals surface area contributed by atoms with Crippen LogP contribution in [-0.2, 0) is 5.41 Å². The molecule has 0 fully saturated rings. The van der Waals surface area contributed by atoms with Crippen LogP contribution in [-0.4, -0.2) is 9.13 Å². The van der Waals surface area contributed by atoms with Gasteiger partial charge in [-0.1, -0.05) is 170 Å². The van der Waals surface area contributed by atoms with Crippen LogP contribution in [0, 0.1) is 0 Å². The summed E-state index contributed by atoms with van der Waals surface area (Å²) in [7, 11) is 0. The Kier molecular flexibility index (Phi) is 6.13. The first-order valence-corrected chi connectivity index (χ1v) is 19.9. The van der Waals surface area contributed by atoms with Crippen molar-refractivity contribution >= 4 is 43.6 Å². The van der Waals surface area contributed by atoms with Crippen molar-refractivity contribution in [1.82, 2.24) is 9.13 Å². The van der Waals surface area contributed by atoms with Gasteiger partial charge in [0.05, 0.1) is 33.2 Å². The van der Waals surface area contributed by atoms with E-state index < -0.39 is 5.41 Å². The SMILES string of the molecule is c1ccc2c(c1)-c1ccccc1-n1c3ccc(-n4c5ccccc5c5ccccc54)cc3c3cccc(c31)C1(c3ccccc3-2)c2ccccc2-c2ccccc21. The van der Waals surface area contributed by atoms with Gasteiger partial charge in [0.15, 0.2) is 0 Å². The minimum absolute atomic E-state index is 0.607. The molecule has 2 nitrogen and oxygen atoms in total. The Morgan fingerprint density at radius 2 is 0.719 bits per heavy atom. The Morgan fingerprint density at radius 3 is 1.35 bits per heavy atom. The van der Waals surface area contributed by atoms with Gasteiger partial charge in [0, 0.05) is 32.8 Å². The Bertz CT molecular complexity index is 3380. The predicted molar refractivity (Wildman–Crippen MR) is 237 cm³/mol. The highest BCUT2D eigenvalue weighted by atomic mass is 15.0. The van der Waals surface area contributed by atoms with Crippen LogP contribution in [0.3, 0.4) is 0 Å². The van der Waals surface area contributed by atoms with Gasteiger partial charge in [0.2, 0.25) is 0 Å². The quantitative estimate of drug-likeness (QED) is 0.160. The van der Waals surface area contributed by atoms with E-state index in [1.165, 1.54) is 105 Å². The van der Waals surface area contributed by atoms with Gasteiger partial charge in [-0.05, 0) is 86.5 Å². The van der Waals surface area contributed by atoms with Crippen molar-refractivity contribution in [1.29, 1.82) is 0 Å². The van der Waals surface area contributed by atoms with E-state index in [1.54, 1.807) is 0 Å². The summed E-state index contributed by atoms with van der Waals surface area (Å²) in [6, 6.07) is 77.2. The van der Waals surface area contributed by atoms with Crippen LogP contribution < -0.4 is 0 Å². The molecule has 0 atom stereocenters. The lowest BCUT2D eigenvalue weighted by atomic mass is 9.65. The minimum Gasteiger partial charge on any atom is -0.309 e. The molecule has 11 aromatic rings. The highest BCUT2D eigenvalue weighted by Crippen LogP contribution is 2.60. The van der Waals surface area contributed by atoms with Crippen LogP contribution in [0.4, 0.5) is 0 Å². The normalized spacial score (nSPS) is 13.4. The monoisotopic (exact) mass is 722 g/mol. The molecule has 0 saturated carbocycles. The molecule has 1 aliphatic heterocycles. The molecule has 0 amide bonds. The maximum Gasteiger partial charge on any atom is 0.0740 e. The molecule has 0 N–H and O–H groups in total. The first-order chi connectivity index (χ1) is 28.3. The van der Waals surface area contributed by atoms with Gasteiger partial charge in [-0.15, -0.1) is 0 Å². The van der Waals surface area contributed by atoms with Gasteiger partial charge in [0.1, 0.15) is 0 Å². The van der Waals surface area contributed by atoms with E-state index in [1.807, 2.05) is 0 Å². The van der Waals surface area contributed by atoms with Crippen LogP contribution in [0.2, 0.25) is 0 Å². The van der Waals surface area contributed by atoms with E-state index in [9.17, 15) is 0 Å². The van der Waals surface area contributed by atoms with Gasteiger partial charge < -0.3 is 9.13 Å². The number of nitrogens with zero attached hydrogens (tertiary/aromatic N) is 2. The smallest absolute Gasteiger partial charge is 0.0740 e.